The molecule has 0 amide bonds. The fourth-order valence-corrected chi connectivity index (χ4v) is 16.0. The van der Waals surface area contributed by atoms with Gasteiger partial charge >= 0.3 is 0 Å². The zero-order valence-corrected chi connectivity index (χ0v) is 65.1. The molecule has 0 radical (unpaired) electrons. The number of halogens is 4. The molecule has 16 aromatic rings. The minimum atomic E-state index is 0. The van der Waals surface area contributed by atoms with E-state index < -0.39 is 0 Å². The van der Waals surface area contributed by atoms with Crippen LogP contribution in [0.4, 0.5) is 0 Å². The predicted octanol–water partition coefficient (Wildman–Crippen LogP) is 28.5. The van der Waals surface area contributed by atoms with Gasteiger partial charge in [0.25, 0.3) is 0 Å². The van der Waals surface area contributed by atoms with Crippen LogP contribution >= 0.6 is 63.7 Å². The number of rotatable bonds is 4. The maximum Gasteiger partial charge on any atom is 0.0622 e. The Hall–Kier alpha value is -13.6. The van der Waals surface area contributed by atoms with Crippen LogP contribution in [0.1, 0.15) is 70.2 Å². The van der Waals surface area contributed by atoms with E-state index in [1.807, 2.05) is 19.1 Å². The van der Waals surface area contributed by atoms with Gasteiger partial charge in [-0.15, -0.1) is 19.3 Å². The maximum atomic E-state index is 5.24. The summed E-state index contributed by atoms with van der Waals surface area (Å²) < 4.78 is 8.48. The van der Waals surface area contributed by atoms with Crippen molar-refractivity contribution in [1.29, 1.82) is 0 Å². The van der Waals surface area contributed by atoms with Crippen molar-refractivity contribution in [2.75, 3.05) is 0 Å². The highest BCUT2D eigenvalue weighted by Crippen LogP contribution is 2.44. The molecule has 1 aliphatic carbocycles. The summed E-state index contributed by atoms with van der Waals surface area (Å²) in [5.74, 6) is 56.0. The number of H-pyrrole nitrogens is 1. The summed E-state index contributed by atoms with van der Waals surface area (Å²) in [5.41, 5.74) is 25.0. The molecule has 0 bridgehead atoms. The van der Waals surface area contributed by atoms with Crippen molar-refractivity contribution in [3.63, 3.8) is 0 Å². The van der Waals surface area contributed by atoms with E-state index in [4.69, 9.17) is 19.3 Å². The number of nitrogens with zero attached hydrogens (tertiary/aromatic N) is 2. The minimum absolute atomic E-state index is 0. The molecule has 1 aliphatic rings. The number of hydrogen-bond acceptors (Lipinski definition) is 0. The number of para-hydroxylation sites is 1. The summed E-state index contributed by atoms with van der Waals surface area (Å²) in [7, 11) is 0. The molecule has 13 aromatic carbocycles. The van der Waals surface area contributed by atoms with E-state index in [-0.39, 0.29) is 25.7 Å². The maximum absolute atomic E-state index is 5.24. The number of hydrogen-bond donors (Lipinski definition) is 1. The topological polar surface area (TPSA) is 25.6 Å². The van der Waals surface area contributed by atoms with Crippen molar-refractivity contribution >= 4 is 151 Å². The lowest BCUT2D eigenvalue weighted by Gasteiger charge is -2.14. The van der Waals surface area contributed by atoms with Crippen LogP contribution in [0.2, 0.25) is 0 Å². The van der Waals surface area contributed by atoms with Gasteiger partial charge in [0.1, 0.15) is 0 Å². The smallest absolute Gasteiger partial charge is 0.0622 e. The Morgan fingerprint density at radius 2 is 0.761 bits per heavy atom. The number of aromatic nitrogens is 3. The van der Waals surface area contributed by atoms with Crippen molar-refractivity contribution < 1.29 is 25.7 Å². The van der Waals surface area contributed by atoms with E-state index in [0.717, 1.165) is 118 Å². The molecule has 3 nitrogen and oxygen atoms in total. The van der Waals surface area contributed by atoms with Crippen molar-refractivity contribution in [3.8, 4) is 188 Å². The first-order valence-electron chi connectivity index (χ1n) is 34.5. The lowest BCUT2D eigenvalue weighted by molar-refractivity contribution is 1.14. The molecule has 0 aliphatic heterocycles. The van der Waals surface area contributed by atoms with Gasteiger partial charge in [-0.25, -0.2) is 0 Å². The second-order valence-corrected chi connectivity index (χ2v) is 29.1. The summed E-state index contributed by atoms with van der Waals surface area (Å²) in [6.07, 6.45) is 16.4. The Balaban J connectivity index is -0.000000986. The van der Waals surface area contributed by atoms with Crippen LogP contribution in [0.25, 0.3) is 132 Å². The molecule has 0 saturated carbocycles. The first-order chi connectivity index (χ1) is 53.4. The average Bonchev–Trinajstić information content (AvgIpc) is 1.57. The van der Waals surface area contributed by atoms with Gasteiger partial charge in [0, 0.05) is 98.0 Å². The Labute approximate surface area is 694 Å². The van der Waals surface area contributed by atoms with Crippen molar-refractivity contribution in [2.24, 2.45) is 0 Å². The summed E-state index contributed by atoms with van der Waals surface area (Å²) in [6, 6.07) is 83.1. The van der Waals surface area contributed by atoms with Crippen molar-refractivity contribution in [1.82, 2.24) is 14.1 Å². The summed E-state index contributed by atoms with van der Waals surface area (Å²) >= 11 is 14.4. The number of benzene rings is 13. The number of aromatic amines is 1. The lowest BCUT2D eigenvalue weighted by Crippen LogP contribution is -1.99. The van der Waals surface area contributed by atoms with Crippen LogP contribution in [-0.2, 0) is 6.42 Å². The largest absolute Gasteiger partial charge is 0.354 e. The normalized spacial score (nSPS) is 10.3. The van der Waals surface area contributed by atoms with Crippen LogP contribution in [0.5, 0.6) is 0 Å². The standard InChI is InChI=1S/C58H28Br2N2.C29H19N.C15H6Br2.18H2/c1-5-7-9-11-13-15-22-44-38-56(40(4)33-51(44)60)62-54-31-29-43(36-49(54)58-46-24-18-17-21-41(46)27-32-55(58)62)42-28-30-53-48(35-42)47-25-19-20-26-52(47)61(53)57-34-39(3)50(59)37-45(57)23-16-14-12-10-8-6-2;1-4-8-24-18(5-1)11-14-28-29(24)26-17-20(12-13-27(26)30-28)19-9-10-22-15-21-6-2-3-7-23(21)25(22)16-19;1-3-4-5-6-7-8-9-13-11-14(16)12(2)10-15(13)17;;;;;;;;;;;;;;;;;;/h1-2,17-21,24-38H,3-4H3;1-14,16-17,30H,15H2;1,10-11H,2H3;18*1H. The summed E-state index contributed by atoms with van der Waals surface area (Å²) in [6.45, 7) is 6.23. The van der Waals surface area contributed by atoms with E-state index in [9.17, 15) is 0 Å². The molecule has 0 atom stereocenters. The number of terminal acetylenes is 3. The molecule has 3 aromatic heterocycles. The van der Waals surface area contributed by atoms with Gasteiger partial charge in [0.2, 0.25) is 0 Å². The first-order valence-corrected chi connectivity index (χ1v) is 37.6. The van der Waals surface area contributed by atoms with E-state index in [1.165, 1.54) is 82.1 Å². The third-order valence-corrected chi connectivity index (χ3v) is 22.2. The van der Waals surface area contributed by atoms with Gasteiger partial charge in [-0.3, -0.25) is 0 Å². The lowest BCUT2D eigenvalue weighted by atomic mass is 9.97. The van der Waals surface area contributed by atoms with Gasteiger partial charge in [0.05, 0.1) is 39.0 Å². The molecular formula is C102H89Br4N3. The molecule has 0 fully saturated rings. The van der Waals surface area contributed by atoms with E-state index in [0.29, 0.717) is 0 Å². The Morgan fingerprint density at radius 3 is 1.43 bits per heavy atom. The van der Waals surface area contributed by atoms with E-state index in [2.05, 4.69) is 434 Å². The van der Waals surface area contributed by atoms with Crippen LogP contribution in [-0.4, -0.2) is 14.1 Å². The molecule has 17 rings (SSSR count). The molecule has 109 heavy (non-hydrogen) atoms. The van der Waals surface area contributed by atoms with Crippen molar-refractivity contribution in [2.45, 2.75) is 27.2 Å². The molecule has 1 N–H and O–H groups in total. The van der Waals surface area contributed by atoms with Crippen LogP contribution < -0.4 is 0 Å². The average molecular weight is 1680 g/mol. The number of fused-ring (bicyclic) bond motifs is 16. The third kappa shape index (κ3) is 14.4. The predicted molar refractivity (Wildman–Crippen MR) is 508 cm³/mol. The highest BCUT2D eigenvalue weighted by Gasteiger charge is 2.22. The molecule has 540 valence electrons. The Morgan fingerprint density at radius 1 is 0.312 bits per heavy atom. The SMILES string of the molecule is C#CC#CC#CC#Cc1cc(-n2c3ccc(-c4ccc5c(c4)c4ccccc4n5-c4cc(C)c(Br)cc4C#CC#CC#CC#C)cc3c3c4ccccc4ccc32)c(C)cc1Br.C#CC#CC#CC#Cc1cc(Br)c(C)cc1Br.[HH].[HH].[HH].[HH].[HH].[HH].[HH].[HH].[HH].[HH].[HH].[HH].[HH].[HH].[HH].[HH].[HH].[HH].c1ccc2c(c1)Cc1ccc(-c3ccc4[nH]c5ccc6ccccc6c5c4c3)cc1-2. The van der Waals surface area contributed by atoms with Crippen LogP contribution in [0, 0.1) is 164 Å². The van der Waals surface area contributed by atoms with Crippen LogP contribution in [0.3, 0.4) is 0 Å². The zero-order valence-electron chi connectivity index (χ0n) is 58.8. The van der Waals surface area contributed by atoms with Gasteiger partial charge in [0.15, 0.2) is 0 Å². The zero-order chi connectivity index (χ0) is 75.1. The quantitative estimate of drug-likeness (QED) is 0.170. The van der Waals surface area contributed by atoms with Gasteiger partial charge in [-0.1, -0.05) is 183 Å². The summed E-state index contributed by atoms with van der Waals surface area (Å²) in [5, 5.41) is 12.2. The highest BCUT2D eigenvalue weighted by atomic mass is 79.9. The number of nitrogens with one attached hydrogen (secondary N) is 1. The molecule has 0 unspecified atom stereocenters. The molecular weight excluding hydrogens is 1590 g/mol. The van der Waals surface area contributed by atoms with E-state index >= 15 is 0 Å². The molecule has 3 heterocycles. The highest BCUT2D eigenvalue weighted by molar-refractivity contribution is 9.11. The van der Waals surface area contributed by atoms with Gasteiger partial charge < -0.3 is 14.1 Å². The van der Waals surface area contributed by atoms with E-state index in [1.54, 1.807) is 0 Å². The van der Waals surface area contributed by atoms with Crippen LogP contribution in [0.15, 0.2) is 248 Å². The second kappa shape index (κ2) is 31.6. The molecule has 0 saturated heterocycles. The fourth-order valence-electron chi connectivity index (χ4n) is 14.2. The monoisotopic (exact) mass is 1670 g/mol. The third-order valence-electron chi connectivity index (χ3n) is 19.1. The Kier molecular flexibility index (Phi) is 20.6. The Bertz CT molecular complexity index is 7470. The fraction of sp³-hybridized carbons (Fsp3) is 0.0392. The van der Waals surface area contributed by atoms with Gasteiger partial charge in [-0.2, -0.15) is 0 Å². The molecule has 7 heteroatoms. The summed E-state index contributed by atoms with van der Waals surface area (Å²) in [4.78, 5) is 3.60. The minimum Gasteiger partial charge on any atom is -0.354 e. The van der Waals surface area contributed by atoms with Gasteiger partial charge in [-0.05, 0) is 345 Å². The van der Waals surface area contributed by atoms with Crippen molar-refractivity contribution in [3.05, 3.63) is 293 Å². The number of aryl methyl sites for hydroxylation is 3. The second-order valence-electron chi connectivity index (χ2n) is 25.6. The molecule has 0 spiro atoms. The first kappa shape index (κ1) is 71.1.